The maximum Gasteiger partial charge on any atom is 0.221 e. The summed E-state index contributed by atoms with van der Waals surface area (Å²) < 4.78 is 5.36. The van der Waals surface area contributed by atoms with Gasteiger partial charge in [0.05, 0.1) is 12.8 Å². The Bertz CT molecular complexity index is 671. The fourth-order valence-corrected chi connectivity index (χ4v) is 2.20. The number of nitrogens with one attached hydrogen (secondary N) is 2. The van der Waals surface area contributed by atoms with E-state index in [0.717, 1.165) is 11.3 Å². The van der Waals surface area contributed by atoms with E-state index >= 15 is 0 Å². The van der Waals surface area contributed by atoms with Crippen LogP contribution in [0.1, 0.15) is 25.5 Å². The fourth-order valence-electron chi connectivity index (χ4n) is 2.20. The fraction of sp³-hybridized carbons (Fsp3) is 0.235. The van der Waals surface area contributed by atoms with Crippen LogP contribution in [0.25, 0.3) is 0 Å². The Morgan fingerprint density at radius 2 is 2.00 bits per heavy atom. The van der Waals surface area contributed by atoms with Crippen molar-refractivity contribution in [1.82, 2.24) is 0 Å². The summed E-state index contributed by atoms with van der Waals surface area (Å²) in [6.07, 6.45) is 0. The van der Waals surface area contributed by atoms with E-state index in [0.29, 0.717) is 11.4 Å². The molecule has 2 aromatic rings. The Labute approximate surface area is 129 Å². The topological polar surface area (TPSA) is 70.6 Å². The minimum atomic E-state index is -0.129. The Morgan fingerprint density at radius 3 is 2.64 bits per heavy atom. The van der Waals surface area contributed by atoms with Gasteiger partial charge in [0.2, 0.25) is 5.91 Å². The number of anilines is 2. The molecule has 0 spiro atoms. The molecule has 0 fully saturated rings. The number of aromatic hydroxyl groups is 1. The Hall–Kier alpha value is -2.69. The van der Waals surface area contributed by atoms with Crippen LogP contribution < -0.4 is 15.4 Å². The maximum atomic E-state index is 11.1. The number of phenolic OH excluding ortho intramolecular Hbond substituents is 1. The van der Waals surface area contributed by atoms with Gasteiger partial charge >= 0.3 is 0 Å². The van der Waals surface area contributed by atoms with Crippen molar-refractivity contribution in [3.63, 3.8) is 0 Å². The van der Waals surface area contributed by atoms with Gasteiger partial charge in [-0.25, -0.2) is 0 Å². The molecule has 2 rings (SSSR count). The number of hydrogen-bond donors (Lipinski definition) is 3. The summed E-state index contributed by atoms with van der Waals surface area (Å²) in [5.74, 6) is 0.744. The van der Waals surface area contributed by atoms with Crippen LogP contribution in [0.15, 0.2) is 42.5 Å². The van der Waals surface area contributed by atoms with Crippen LogP contribution in [0.2, 0.25) is 0 Å². The molecule has 5 heteroatoms. The number of hydrogen-bond acceptors (Lipinski definition) is 4. The molecule has 0 aliphatic heterocycles. The smallest absolute Gasteiger partial charge is 0.221 e. The van der Waals surface area contributed by atoms with Crippen molar-refractivity contribution >= 4 is 17.3 Å². The Kier molecular flexibility index (Phi) is 4.88. The molecule has 0 radical (unpaired) electrons. The van der Waals surface area contributed by atoms with Crippen LogP contribution in [-0.2, 0) is 4.79 Å². The van der Waals surface area contributed by atoms with E-state index in [1.165, 1.54) is 6.92 Å². The van der Waals surface area contributed by atoms with E-state index in [2.05, 4.69) is 10.6 Å². The van der Waals surface area contributed by atoms with Gasteiger partial charge < -0.3 is 20.5 Å². The third kappa shape index (κ3) is 3.91. The average molecular weight is 300 g/mol. The summed E-state index contributed by atoms with van der Waals surface area (Å²) in [7, 11) is 1.58. The molecule has 0 saturated heterocycles. The number of carbonyl (C=O) groups is 1. The summed E-state index contributed by atoms with van der Waals surface area (Å²) in [4.78, 5) is 11.1. The lowest BCUT2D eigenvalue weighted by atomic mass is 10.1. The van der Waals surface area contributed by atoms with Crippen molar-refractivity contribution in [2.75, 3.05) is 17.7 Å². The zero-order valence-corrected chi connectivity index (χ0v) is 12.9. The molecule has 0 saturated carbocycles. The van der Waals surface area contributed by atoms with Gasteiger partial charge in [0, 0.05) is 24.7 Å². The Morgan fingerprint density at radius 1 is 1.23 bits per heavy atom. The van der Waals surface area contributed by atoms with Crippen molar-refractivity contribution in [3.8, 4) is 11.5 Å². The van der Waals surface area contributed by atoms with Gasteiger partial charge in [0.25, 0.3) is 0 Å². The number of carbonyl (C=O) groups excluding carboxylic acids is 1. The SMILES string of the molecule is COc1cc(NC(C)=O)ccc1N[C@@H](C)c1cccc(O)c1. The highest BCUT2D eigenvalue weighted by atomic mass is 16.5. The standard InChI is InChI=1S/C17H20N2O3/c1-11(13-5-4-6-15(21)9-13)18-16-8-7-14(19-12(2)20)10-17(16)22-3/h4-11,18,21H,1-3H3,(H,19,20)/t11-/m0/s1. The Balaban J connectivity index is 2.19. The number of rotatable bonds is 5. The molecule has 0 unspecified atom stereocenters. The largest absolute Gasteiger partial charge is 0.508 e. The highest BCUT2D eigenvalue weighted by Crippen LogP contribution is 2.31. The molecule has 1 amide bonds. The average Bonchev–Trinajstić information content (AvgIpc) is 2.48. The van der Waals surface area contributed by atoms with E-state index in [1.807, 2.05) is 19.1 Å². The highest BCUT2D eigenvalue weighted by molar-refractivity contribution is 5.89. The number of methoxy groups -OCH3 is 1. The van der Waals surface area contributed by atoms with Gasteiger partial charge in [0.1, 0.15) is 11.5 Å². The van der Waals surface area contributed by atoms with Crippen LogP contribution in [-0.4, -0.2) is 18.1 Å². The normalized spacial score (nSPS) is 11.6. The predicted molar refractivity (Wildman–Crippen MR) is 87.4 cm³/mol. The monoisotopic (exact) mass is 300 g/mol. The number of phenols is 1. The third-order valence-electron chi connectivity index (χ3n) is 3.26. The summed E-state index contributed by atoms with van der Waals surface area (Å²) in [6, 6.07) is 12.5. The van der Waals surface area contributed by atoms with Crippen LogP contribution >= 0.6 is 0 Å². The van der Waals surface area contributed by atoms with Crippen molar-refractivity contribution in [1.29, 1.82) is 0 Å². The first kappa shape index (κ1) is 15.7. The van der Waals surface area contributed by atoms with Crippen LogP contribution in [0.5, 0.6) is 11.5 Å². The van der Waals surface area contributed by atoms with Gasteiger partial charge in [-0.15, -0.1) is 0 Å². The molecule has 0 aliphatic carbocycles. The second-order valence-corrected chi connectivity index (χ2v) is 5.06. The van der Waals surface area contributed by atoms with E-state index in [-0.39, 0.29) is 17.7 Å². The van der Waals surface area contributed by atoms with Crippen LogP contribution in [0.3, 0.4) is 0 Å². The van der Waals surface area contributed by atoms with Gasteiger partial charge in [-0.05, 0) is 36.8 Å². The lowest BCUT2D eigenvalue weighted by Crippen LogP contribution is -2.09. The van der Waals surface area contributed by atoms with Crippen LogP contribution in [0, 0.1) is 0 Å². The molecule has 0 aliphatic rings. The first-order chi connectivity index (χ1) is 10.5. The van der Waals surface area contributed by atoms with Gasteiger partial charge in [-0.1, -0.05) is 12.1 Å². The summed E-state index contributed by atoms with van der Waals surface area (Å²) in [6.45, 7) is 3.46. The van der Waals surface area contributed by atoms with Crippen molar-refractivity contribution in [2.24, 2.45) is 0 Å². The summed E-state index contributed by atoms with van der Waals surface area (Å²) in [5, 5.41) is 15.6. The minimum Gasteiger partial charge on any atom is -0.508 e. The summed E-state index contributed by atoms with van der Waals surface area (Å²) in [5.41, 5.74) is 2.46. The van der Waals surface area contributed by atoms with E-state index in [1.54, 1.807) is 37.4 Å². The summed E-state index contributed by atoms with van der Waals surface area (Å²) >= 11 is 0. The zero-order chi connectivity index (χ0) is 16.1. The molecule has 0 heterocycles. The highest BCUT2D eigenvalue weighted by Gasteiger charge is 2.10. The number of amides is 1. The molecule has 2 aromatic carbocycles. The first-order valence-electron chi connectivity index (χ1n) is 7.00. The number of ether oxygens (including phenoxy) is 1. The second kappa shape index (κ2) is 6.85. The van der Waals surface area contributed by atoms with E-state index < -0.39 is 0 Å². The maximum absolute atomic E-state index is 11.1. The second-order valence-electron chi connectivity index (χ2n) is 5.06. The predicted octanol–water partition coefficient (Wildman–Crippen LogP) is 3.53. The number of benzene rings is 2. The molecular formula is C17H20N2O3. The molecule has 3 N–H and O–H groups in total. The first-order valence-corrected chi connectivity index (χ1v) is 7.00. The van der Waals surface area contributed by atoms with E-state index in [9.17, 15) is 9.90 Å². The molecular weight excluding hydrogens is 280 g/mol. The van der Waals surface area contributed by atoms with Crippen molar-refractivity contribution in [2.45, 2.75) is 19.9 Å². The van der Waals surface area contributed by atoms with Crippen LogP contribution in [0.4, 0.5) is 11.4 Å². The van der Waals surface area contributed by atoms with E-state index in [4.69, 9.17) is 4.74 Å². The molecule has 1 atom stereocenters. The minimum absolute atomic E-state index is 0.00684. The lowest BCUT2D eigenvalue weighted by molar-refractivity contribution is -0.114. The molecule has 22 heavy (non-hydrogen) atoms. The van der Waals surface area contributed by atoms with Crippen molar-refractivity contribution < 1.29 is 14.6 Å². The third-order valence-corrected chi connectivity index (χ3v) is 3.26. The van der Waals surface area contributed by atoms with Gasteiger partial charge in [0.15, 0.2) is 0 Å². The molecule has 0 bridgehead atoms. The zero-order valence-electron chi connectivity index (χ0n) is 12.9. The van der Waals surface area contributed by atoms with Gasteiger partial charge in [-0.2, -0.15) is 0 Å². The van der Waals surface area contributed by atoms with Gasteiger partial charge in [-0.3, -0.25) is 4.79 Å². The lowest BCUT2D eigenvalue weighted by Gasteiger charge is -2.19. The molecule has 0 aromatic heterocycles. The molecule has 116 valence electrons. The van der Waals surface area contributed by atoms with Crippen molar-refractivity contribution in [3.05, 3.63) is 48.0 Å². The quantitative estimate of drug-likeness (QED) is 0.790. The molecule has 5 nitrogen and oxygen atoms in total.